The summed E-state index contributed by atoms with van der Waals surface area (Å²) in [5.41, 5.74) is -0.330. The highest BCUT2D eigenvalue weighted by Gasteiger charge is 2.22. The second-order valence-corrected chi connectivity index (χ2v) is 4.34. The standard InChI is InChI=1S/C9H5Br2FO3/c1-15-9(14)8(13)5-2-4(10)3-6(11)7(5)12/h2-3H,1H3. The molecule has 1 rings (SSSR count). The van der Waals surface area contributed by atoms with Gasteiger partial charge in [-0.2, -0.15) is 0 Å². The maximum absolute atomic E-state index is 13.4. The average Bonchev–Trinajstić information content (AvgIpc) is 2.21. The smallest absolute Gasteiger partial charge is 0.379 e. The maximum Gasteiger partial charge on any atom is 0.379 e. The molecule has 0 aliphatic carbocycles. The van der Waals surface area contributed by atoms with E-state index in [1.54, 1.807) is 0 Å². The van der Waals surface area contributed by atoms with Gasteiger partial charge in [0.15, 0.2) is 0 Å². The number of carbonyl (C=O) groups is 2. The van der Waals surface area contributed by atoms with Crippen molar-refractivity contribution in [3.63, 3.8) is 0 Å². The molecule has 15 heavy (non-hydrogen) atoms. The number of methoxy groups -OCH3 is 1. The minimum Gasteiger partial charge on any atom is -0.463 e. The molecule has 0 fully saturated rings. The highest BCUT2D eigenvalue weighted by molar-refractivity contribution is 9.11. The maximum atomic E-state index is 13.4. The van der Waals surface area contributed by atoms with Crippen molar-refractivity contribution in [3.8, 4) is 0 Å². The van der Waals surface area contributed by atoms with E-state index in [0.717, 1.165) is 7.11 Å². The Bertz CT molecular complexity index is 432. The van der Waals surface area contributed by atoms with Crippen molar-refractivity contribution < 1.29 is 18.7 Å². The van der Waals surface area contributed by atoms with Crippen LogP contribution in [0.2, 0.25) is 0 Å². The molecule has 1 aromatic rings. The summed E-state index contributed by atoms with van der Waals surface area (Å²) in [6.07, 6.45) is 0. The van der Waals surface area contributed by atoms with E-state index in [1.165, 1.54) is 12.1 Å². The zero-order valence-electron chi connectivity index (χ0n) is 7.51. The highest BCUT2D eigenvalue weighted by Crippen LogP contribution is 2.25. The average molecular weight is 340 g/mol. The van der Waals surface area contributed by atoms with Crippen LogP contribution in [0.1, 0.15) is 10.4 Å². The van der Waals surface area contributed by atoms with E-state index in [-0.39, 0.29) is 10.0 Å². The van der Waals surface area contributed by atoms with Gasteiger partial charge in [0.2, 0.25) is 0 Å². The van der Waals surface area contributed by atoms with Crippen molar-refractivity contribution in [1.82, 2.24) is 0 Å². The summed E-state index contributed by atoms with van der Waals surface area (Å²) in [7, 11) is 1.06. The number of ether oxygens (including phenoxy) is 1. The summed E-state index contributed by atoms with van der Waals surface area (Å²) < 4.78 is 18.2. The minimum absolute atomic E-state index is 0.101. The van der Waals surface area contributed by atoms with Gasteiger partial charge in [-0.3, -0.25) is 4.79 Å². The summed E-state index contributed by atoms with van der Waals surface area (Å²) in [6, 6.07) is 2.66. The van der Waals surface area contributed by atoms with Gasteiger partial charge in [0.1, 0.15) is 5.82 Å². The molecule has 0 aliphatic rings. The lowest BCUT2D eigenvalue weighted by Gasteiger charge is -2.03. The number of hydrogen-bond donors (Lipinski definition) is 0. The third kappa shape index (κ3) is 2.63. The van der Waals surface area contributed by atoms with E-state index in [2.05, 4.69) is 36.6 Å². The second-order valence-electron chi connectivity index (χ2n) is 2.57. The van der Waals surface area contributed by atoms with Gasteiger partial charge in [-0.25, -0.2) is 9.18 Å². The molecule has 0 N–H and O–H groups in total. The first kappa shape index (κ1) is 12.3. The number of halogens is 3. The van der Waals surface area contributed by atoms with Crippen LogP contribution in [0, 0.1) is 5.82 Å². The van der Waals surface area contributed by atoms with Crippen LogP contribution in [0.3, 0.4) is 0 Å². The van der Waals surface area contributed by atoms with Gasteiger partial charge < -0.3 is 4.74 Å². The van der Waals surface area contributed by atoms with E-state index in [1.807, 2.05) is 0 Å². The van der Waals surface area contributed by atoms with Crippen molar-refractivity contribution in [2.75, 3.05) is 7.11 Å². The number of esters is 1. The predicted molar refractivity (Wildman–Crippen MR) is 58.1 cm³/mol. The lowest BCUT2D eigenvalue weighted by molar-refractivity contribution is -0.135. The molecule has 0 saturated heterocycles. The molecule has 1 aromatic carbocycles. The summed E-state index contributed by atoms with van der Waals surface area (Å²) in [4.78, 5) is 22.3. The van der Waals surface area contributed by atoms with Crippen molar-refractivity contribution in [2.45, 2.75) is 0 Å². The molecule has 0 radical (unpaired) electrons. The number of ketones is 1. The van der Waals surface area contributed by atoms with Gasteiger partial charge >= 0.3 is 5.97 Å². The van der Waals surface area contributed by atoms with E-state index < -0.39 is 17.6 Å². The van der Waals surface area contributed by atoms with E-state index in [4.69, 9.17) is 0 Å². The molecule has 3 nitrogen and oxygen atoms in total. The van der Waals surface area contributed by atoms with Crippen LogP contribution in [-0.2, 0) is 9.53 Å². The van der Waals surface area contributed by atoms with Crippen LogP contribution >= 0.6 is 31.9 Å². The van der Waals surface area contributed by atoms with Gasteiger partial charge in [0.05, 0.1) is 17.1 Å². The second kappa shape index (κ2) is 4.85. The molecule has 0 aliphatic heterocycles. The van der Waals surface area contributed by atoms with Crippen LogP contribution in [0.4, 0.5) is 4.39 Å². The Labute approximate surface area is 102 Å². The summed E-state index contributed by atoms with van der Waals surface area (Å²) in [5.74, 6) is -2.90. The monoisotopic (exact) mass is 338 g/mol. The fourth-order valence-electron chi connectivity index (χ4n) is 0.924. The molecule has 0 bridgehead atoms. The number of rotatable bonds is 2. The topological polar surface area (TPSA) is 43.4 Å². The lowest BCUT2D eigenvalue weighted by atomic mass is 10.1. The molecular formula is C9H5Br2FO3. The first-order chi connectivity index (χ1) is 6.97. The fraction of sp³-hybridized carbons (Fsp3) is 0.111. The Morgan fingerprint density at radius 1 is 1.33 bits per heavy atom. The third-order valence-corrected chi connectivity index (χ3v) is 2.64. The molecule has 0 spiro atoms. The number of hydrogen-bond acceptors (Lipinski definition) is 3. The van der Waals surface area contributed by atoms with E-state index in [9.17, 15) is 14.0 Å². The molecule has 0 amide bonds. The Kier molecular flexibility index (Phi) is 3.98. The van der Waals surface area contributed by atoms with Crippen molar-refractivity contribution >= 4 is 43.6 Å². The summed E-state index contributed by atoms with van der Waals surface area (Å²) in [5, 5.41) is 0. The number of Topliss-reactive ketones (excluding diaryl/α,β-unsaturated/α-hetero) is 1. The van der Waals surface area contributed by atoms with Crippen molar-refractivity contribution in [3.05, 3.63) is 32.5 Å². The van der Waals surface area contributed by atoms with Crippen molar-refractivity contribution in [2.24, 2.45) is 0 Å². The third-order valence-electron chi connectivity index (χ3n) is 1.61. The highest BCUT2D eigenvalue weighted by atomic mass is 79.9. The van der Waals surface area contributed by atoms with Gasteiger partial charge in [-0.15, -0.1) is 0 Å². The Balaban J connectivity index is 3.25. The van der Waals surface area contributed by atoms with Crippen LogP contribution < -0.4 is 0 Å². The molecular weight excluding hydrogens is 335 g/mol. The minimum atomic E-state index is -1.10. The molecule has 0 atom stereocenters. The normalized spacial score (nSPS) is 9.87. The SMILES string of the molecule is COC(=O)C(=O)c1cc(Br)cc(Br)c1F. The first-order valence-electron chi connectivity index (χ1n) is 3.74. The molecule has 80 valence electrons. The van der Waals surface area contributed by atoms with Crippen LogP contribution in [0.15, 0.2) is 21.1 Å². The Hall–Kier alpha value is -0.750. The molecule has 0 heterocycles. The first-order valence-corrected chi connectivity index (χ1v) is 5.33. The molecule has 0 unspecified atom stereocenters. The zero-order valence-corrected chi connectivity index (χ0v) is 10.7. The Morgan fingerprint density at radius 2 is 1.93 bits per heavy atom. The van der Waals surface area contributed by atoms with Crippen LogP contribution in [0.25, 0.3) is 0 Å². The number of benzene rings is 1. The predicted octanol–water partition coefficient (Wildman–Crippen LogP) is 2.71. The summed E-state index contributed by atoms with van der Waals surface area (Å²) in [6.45, 7) is 0. The zero-order chi connectivity index (χ0) is 11.6. The van der Waals surface area contributed by atoms with E-state index >= 15 is 0 Å². The Morgan fingerprint density at radius 3 is 2.47 bits per heavy atom. The van der Waals surface area contributed by atoms with Gasteiger partial charge in [0.25, 0.3) is 5.78 Å². The van der Waals surface area contributed by atoms with Crippen LogP contribution in [0.5, 0.6) is 0 Å². The van der Waals surface area contributed by atoms with Crippen LogP contribution in [-0.4, -0.2) is 18.9 Å². The largest absolute Gasteiger partial charge is 0.463 e. The van der Waals surface area contributed by atoms with Crippen molar-refractivity contribution in [1.29, 1.82) is 0 Å². The fourth-order valence-corrected chi connectivity index (χ4v) is 2.15. The molecule has 6 heteroatoms. The van der Waals surface area contributed by atoms with Gasteiger partial charge in [0, 0.05) is 4.47 Å². The lowest BCUT2D eigenvalue weighted by Crippen LogP contribution is -2.17. The van der Waals surface area contributed by atoms with E-state index in [0.29, 0.717) is 4.47 Å². The summed E-state index contributed by atoms with van der Waals surface area (Å²) >= 11 is 6.01. The molecule has 0 aromatic heterocycles. The molecule has 0 saturated carbocycles. The van der Waals surface area contributed by atoms with Gasteiger partial charge in [-0.1, -0.05) is 15.9 Å². The number of carbonyl (C=O) groups excluding carboxylic acids is 2. The quantitative estimate of drug-likeness (QED) is 0.360. The van der Waals surface area contributed by atoms with Gasteiger partial charge in [-0.05, 0) is 28.1 Å².